The summed E-state index contributed by atoms with van der Waals surface area (Å²) in [6, 6.07) is 21.7. The first-order valence-electron chi connectivity index (χ1n) is 31.5. The van der Waals surface area contributed by atoms with E-state index in [1.807, 2.05) is 0 Å². The van der Waals surface area contributed by atoms with E-state index in [1.165, 1.54) is 91.9 Å². The Kier molecular flexibility index (Phi) is 23.1. The minimum Gasteiger partial charge on any atom is -0.508 e. The first kappa shape index (κ1) is 74.7. The number of hydrogen-bond donors (Lipinski definition) is 19. The number of phenolic OH excluding ortho intramolecular Hbond substituents is 4. The number of esters is 3. The highest BCUT2D eigenvalue weighted by Crippen LogP contribution is 2.43. The summed E-state index contributed by atoms with van der Waals surface area (Å²) < 4.78 is 79.2. The molecule has 0 unspecified atom stereocenters. The molecule has 102 heavy (non-hydrogen) atoms. The lowest BCUT2D eigenvalue weighted by molar-refractivity contribution is -0.318. The highest BCUT2D eigenvalue weighted by molar-refractivity contribution is 5.91. The SMILES string of the molecule is C[C@@H]1O[C@@H](OC[C@H]2O[C@@H](Oc3cc4c(O)cc(O[C@@H]5O[C@H](COC(=O)c6ccc(O[C@@H]7O[C@H](COC(=O)c8ccc(O[C@@H]9O[C@H](COC(=O)c%10ccc(O)cc%10)[C@@H](O)[C@H](O)[C@H]9O)cc8)[C@@H](O)[C@H](O)[C@H]7O)cc6)[C@@H](O)[C@H](O)[C@H]5O)cc4[o+]c3-c3ccc(O)c(O)c3)[C@H](O)[C@@H](O)[C@@H]2O)[C@H](O)[C@H](O)[C@H]1O. The molecule has 11 rings (SSSR count). The Morgan fingerprint density at radius 3 is 1.18 bits per heavy atom. The number of benzene rings is 5. The minimum absolute atomic E-state index is 0.00461. The van der Waals surface area contributed by atoms with Crippen molar-refractivity contribution in [3.05, 3.63) is 126 Å². The van der Waals surface area contributed by atoms with Crippen LogP contribution >= 0.6 is 0 Å². The number of carbonyl (C=O) groups excluding carboxylic acids is 3. The van der Waals surface area contributed by atoms with Gasteiger partial charge in [-0.05, 0) is 91.9 Å². The fourth-order valence-corrected chi connectivity index (χ4v) is 11.3. The van der Waals surface area contributed by atoms with Crippen LogP contribution in [0.5, 0.6) is 46.0 Å². The molecule has 6 aromatic rings. The maximum atomic E-state index is 13.4. The molecule has 0 bridgehead atoms. The number of aliphatic hydroxyl groups is 15. The van der Waals surface area contributed by atoms with E-state index < -0.39 is 215 Å². The zero-order valence-electron chi connectivity index (χ0n) is 53.1. The molecule has 1 aromatic heterocycles. The molecule has 36 nitrogen and oxygen atoms in total. The standard InChI is InChI=1S/C66H72O36/c1-24-43(71)48(76)53(81)62(93-24)92-23-42-47(75)52(80)57(85)66(102-42)98-38-19-33-35(69)17-32(18-37(33)97-58(38)28-8-15-34(68)36(70)16-28)96-65-56(84)51(79)46(74)41(101-65)22-91-61(88)27-6-13-31(14-7-27)95-64-55(83)50(78)45(73)40(100-64)21-90-60(87)26-4-11-30(12-5-26)94-63-54(82)49(77)44(72)39(99-63)20-89-59(86)25-2-9-29(67)10-3-25/h2-19,24,39-57,62-66,71-85H,20-23H2,1H3,(H3-,67,68,69,70,86)/p+1/t24-,39+,40+,41+,42+,43-,44+,45+,46+,47+,48+,49-,50-,51-,52-,53+,54+,55+,56+,57+,62+,63+,64+,65+,66+/m0/s1. The second-order valence-corrected chi connectivity index (χ2v) is 24.4. The van der Waals surface area contributed by atoms with Crippen LogP contribution in [0.3, 0.4) is 0 Å². The summed E-state index contributed by atoms with van der Waals surface area (Å²) in [5.41, 5.74) is -0.381. The van der Waals surface area contributed by atoms with Gasteiger partial charge in [0.25, 0.3) is 0 Å². The number of fused-ring (bicyclic) bond motifs is 1. The predicted octanol–water partition coefficient (Wildman–Crippen LogP) is -3.64. The van der Waals surface area contributed by atoms with Crippen LogP contribution in [0, 0.1) is 0 Å². The number of hydrogen-bond acceptors (Lipinski definition) is 35. The van der Waals surface area contributed by atoms with Crippen LogP contribution in [0.15, 0.2) is 114 Å². The summed E-state index contributed by atoms with van der Waals surface area (Å²) in [5.74, 6) is -5.79. The number of rotatable bonds is 21. The van der Waals surface area contributed by atoms with Gasteiger partial charge in [-0.15, -0.1) is 0 Å². The van der Waals surface area contributed by atoms with Gasteiger partial charge in [-0.2, -0.15) is 0 Å². The molecular weight excluding hydrogens is 1370 g/mol. The monoisotopic (exact) mass is 1440 g/mol. The molecule has 5 saturated heterocycles. The lowest BCUT2D eigenvalue weighted by atomic mass is 9.98. The molecular formula is C66H73O36+. The van der Waals surface area contributed by atoms with E-state index in [0.29, 0.717) is 0 Å². The molecule has 0 aliphatic carbocycles. The van der Waals surface area contributed by atoms with E-state index in [1.54, 1.807) is 0 Å². The van der Waals surface area contributed by atoms with Crippen molar-refractivity contribution in [3.8, 4) is 57.3 Å². The molecule has 25 atom stereocenters. The number of ether oxygens (including phenoxy) is 13. The summed E-state index contributed by atoms with van der Waals surface area (Å²) >= 11 is 0. The summed E-state index contributed by atoms with van der Waals surface area (Å²) in [7, 11) is 0. The van der Waals surface area contributed by atoms with Crippen LogP contribution < -0.4 is 18.9 Å². The van der Waals surface area contributed by atoms with Crippen molar-refractivity contribution < 1.29 is 177 Å². The van der Waals surface area contributed by atoms with Crippen LogP contribution in [-0.4, -0.2) is 295 Å². The van der Waals surface area contributed by atoms with Crippen LogP contribution in [0.25, 0.3) is 22.3 Å². The van der Waals surface area contributed by atoms with Gasteiger partial charge in [-0.3, -0.25) is 0 Å². The maximum Gasteiger partial charge on any atom is 0.402 e. The zero-order chi connectivity index (χ0) is 73.3. The maximum absolute atomic E-state index is 13.4. The summed E-state index contributed by atoms with van der Waals surface area (Å²) in [5, 5.41) is 202. The van der Waals surface area contributed by atoms with Crippen molar-refractivity contribution in [1.29, 1.82) is 0 Å². The Bertz CT molecular complexity index is 3870. The van der Waals surface area contributed by atoms with E-state index in [-0.39, 0.29) is 67.7 Å². The molecule has 5 fully saturated rings. The second kappa shape index (κ2) is 31.6. The van der Waals surface area contributed by atoms with Crippen molar-refractivity contribution in [3.63, 3.8) is 0 Å². The van der Waals surface area contributed by atoms with Gasteiger partial charge in [-0.25, -0.2) is 18.8 Å². The third kappa shape index (κ3) is 16.3. The molecule has 19 N–H and O–H groups in total. The zero-order valence-corrected chi connectivity index (χ0v) is 53.1. The number of aliphatic hydroxyl groups excluding tert-OH is 15. The van der Waals surface area contributed by atoms with E-state index in [0.717, 1.165) is 24.3 Å². The topological polar surface area (TPSA) is 567 Å². The van der Waals surface area contributed by atoms with E-state index in [2.05, 4.69) is 0 Å². The molecule has 5 aliphatic heterocycles. The first-order chi connectivity index (χ1) is 48.5. The summed E-state index contributed by atoms with van der Waals surface area (Å²) in [6.07, 6.45) is -43.1. The molecule has 36 heteroatoms. The van der Waals surface area contributed by atoms with Gasteiger partial charge in [-0.1, -0.05) is 0 Å². The van der Waals surface area contributed by atoms with Crippen molar-refractivity contribution in [2.24, 2.45) is 0 Å². The lowest BCUT2D eigenvalue weighted by Crippen LogP contribution is -2.61. The molecule has 5 aliphatic rings. The Balaban J connectivity index is 0.682. The van der Waals surface area contributed by atoms with Crippen LogP contribution in [0.4, 0.5) is 0 Å². The van der Waals surface area contributed by atoms with Crippen LogP contribution in [0.1, 0.15) is 38.0 Å². The normalized spacial score (nSPS) is 34.1. The first-order valence-corrected chi connectivity index (χ1v) is 31.5. The summed E-state index contributed by atoms with van der Waals surface area (Å²) in [6.45, 7) is -1.30. The number of aromatic hydroxyl groups is 4. The van der Waals surface area contributed by atoms with E-state index >= 15 is 0 Å². The Labute approximate surface area is 574 Å². The third-order valence-electron chi connectivity index (χ3n) is 17.4. The molecule has 0 radical (unpaired) electrons. The van der Waals surface area contributed by atoms with Gasteiger partial charge in [0, 0.05) is 18.2 Å². The van der Waals surface area contributed by atoms with Crippen molar-refractivity contribution >= 4 is 28.9 Å². The third-order valence-corrected chi connectivity index (χ3v) is 17.4. The lowest BCUT2D eigenvalue weighted by Gasteiger charge is -2.42. The van der Waals surface area contributed by atoms with Crippen molar-refractivity contribution in [1.82, 2.24) is 0 Å². The Morgan fingerprint density at radius 1 is 0.363 bits per heavy atom. The second-order valence-electron chi connectivity index (χ2n) is 24.4. The summed E-state index contributed by atoms with van der Waals surface area (Å²) in [4.78, 5) is 39.0. The van der Waals surface area contributed by atoms with Gasteiger partial charge in [0.15, 0.2) is 17.8 Å². The molecule has 6 heterocycles. The van der Waals surface area contributed by atoms with E-state index in [4.69, 9.17) is 66.0 Å². The number of carbonyl (C=O) groups is 3. The van der Waals surface area contributed by atoms with E-state index in [9.17, 15) is 111 Å². The highest BCUT2D eigenvalue weighted by Gasteiger charge is 2.51. The average Bonchev–Trinajstić information content (AvgIpc) is 0.769. The minimum atomic E-state index is -2.00. The molecule has 0 amide bonds. The molecule has 0 saturated carbocycles. The molecule has 5 aromatic carbocycles. The quantitative estimate of drug-likeness (QED) is 0.0143. The van der Waals surface area contributed by atoms with Gasteiger partial charge in [0.2, 0.25) is 30.9 Å². The van der Waals surface area contributed by atoms with Crippen molar-refractivity contribution in [2.75, 3.05) is 26.4 Å². The van der Waals surface area contributed by atoms with Gasteiger partial charge < -0.3 is 159 Å². The van der Waals surface area contributed by atoms with Crippen molar-refractivity contribution in [2.45, 2.75) is 160 Å². The molecule has 552 valence electrons. The van der Waals surface area contributed by atoms with Crippen LogP contribution in [-0.2, 0) is 42.6 Å². The Morgan fingerprint density at radius 2 is 0.745 bits per heavy atom. The fraction of sp³-hybridized carbons (Fsp3) is 0.455. The van der Waals surface area contributed by atoms with Gasteiger partial charge >= 0.3 is 29.3 Å². The highest BCUT2D eigenvalue weighted by atomic mass is 16.7. The van der Waals surface area contributed by atoms with Gasteiger partial charge in [0.1, 0.15) is 170 Å². The average molecular weight is 1440 g/mol. The Hall–Kier alpha value is -8.52. The largest absolute Gasteiger partial charge is 0.508 e. The fourth-order valence-electron chi connectivity index (χ4n) is 11.3. The smallest absolute Gasteiger partial charge is 0.402 e. The predicted molar refractivity (Wildman–Crippen MR) is 330 cm³/mol. The van der Waals surface area contributed by atoms with Crippen LogP contribution in [0.2, 0.25) is 0 Å². The number of phenols is 4. The van der Waals surface area contributed by atoms with Gasteiger partial charge in [0.05, 0.1) is 41.0 Å². The molecule has 0 spiro atoms.